The third-order valence-corrected chi connectivity index (χ3v) is 2.23. The number of hydrogen-bond donors (Lipinski definition) is 1. The molecule has 62 valence electrons. The van der Waals surface area contributed by atoms with E-state index in [0.717, 1.165) is 11.0 Å². The van der Waals surface area contributed by atoms with Gasteiger partial charge in [-0.15, -0.1) is 0 Å². The van der Waals surface area contributed by atoms with Crippen LogP contribution in [0.15, 0.2) is 36.4 Å². The molecule has 3 rings (SSSR count). The van der Waals surface area contributed by atoms with E-state index in [-0.39, 0.29) is 0 Å². The van der Waals surface area contributed by atoms with Crippen LogP contribution in [0, 0.1) is 6.33 Å². The molecule has 0 aliphatic carbocycles. The molecule has 1 N–H and O–H groups in total. The topological polar surface area (TPSA) is 28.7 Å². The van der Waals surface area contributed by atoms with E-state index >= 15 is 0 Å². The number of rotatable bonds is 0. The molecule has 0 saturated carbocycles. The Kier molecular flexibility index (Phi) is 1.19. The Balaban J connectivity index is 2.57. The molecule has 0 bridgehead atoms. The Labute approximate surface area is 75.2 Å². The molecule has 2 nitrogen and oxygen atoms in total. The smallest absolute Gasteiger partial charge is 0.00129 e. The average molecular weight is 167 g/mol. The molecular formula is C11H7N2-. The molecule has 0 atom stereocenters. The van der Waals surface area contributed by atoms with Crippen molar-refractivity contribution in [3.63, 3.8) is 0 Å². The lowest BCUT2D eigenvalue weighted by Crippen LogP contribution is -1.73. The monoisotopic (exact) mass is 167 g/mol. The summed E-state index contributed by atoms with van der Waals surface area (Å²) in [5.74, 6) is 0. The van der Waals surface area contributed by atoms with Crippen LogP contribution in [0.1, 0.15) is 0 Å². The summed E-state index contributed by atoms with van der Waals surface area (Å²) in [5.41, 5.74) is 2.01. The van der Waals surface area contributed by atoms with Gasteiger partial charge in [-0.2, -0.15) is 0 Å². The van der Waals surface area contributed by atoms with Crippen LogP contribution in [-0.4, -0.2) is 9.97 Å². The summed E-state index contributed by atoms with van der Waals surface area (Å²) in [6.07, 6.45) is 2.74. The molecule has 2 heteroatoms. The minimum atomic E-state index is 0.971. The van der Waals surface area contributed by atoms with Gasteiger partial charge in [0.15, 0.2) is 0 Å². The van der Waals surface area contributed by atoms with E-state index in [4.69, 9.17) is 0 Å². The van der Waals surface area contributed by atoms with Gasteiger partial charge in [-0.05, 0) is 17.1 Å². The molecule has 0 aliphatic rings. The van der Waals surface area contributed by atoms with Crippen LogP contribution in [0.2, 0.25) is 0 Å². The first kappa shape index (κ1) is 6.66. The third kappa shape index (κ3) is 0.920. The first-order valence-corrected chi connectivity index (χ1v) is 4.18. The zero-order chi connectivity index (χ0) is 8.67. The zero-order valence-corrected chi connectivity index (χ0v) is 6.91. The van der Waals surface area contributed by atoms with Gasteiger partial charge in [0.25, 0.3) is 0 Å². The molecule has 0 aliphatic heterocycles. The molecule has 0 saturated heterocycles. The maximum atomic E-state index is 4.09. The van der Waals surface area contributed by atoms with Crippen molar-refractivity contribution in [3.05, 3.63) is 42.7 Å². The number of hydrogen-bond acceptors (Lipinski definition) is 1. The molecule has 0 amide bonds. The predicted molar refractivity (Wildman–Crippen MR) is 52.4 cm³/mol. The summed E-state index contributed by atoms with van der Waals surface area (Å²) in [6, 6.07) is 12.4. The Morgan fingerprint density at radius 2 is 1.85 bits per heavy atom. The number of H-pyrrole nitrogens is 1. The van der Waals surface area contributed by atoms with Crippen LogP contribution in [0.3, 0.4) is 0 Å². The summed E-state index contributed by atoms with van der Waals surface area (Å²) in [6.45, 7) is 0. The normalized spacial score (nSPS) is 11.1. The summed E-state index contributed by atoms with van der Waals surface area (Å²) >= 11 is 0. The minimum absolute atomic E-state index is 0.971. The van der Waals surface area contributed by atoms with Crippen molar-refractivity contribution < 1.29 is 0 Å². The second kappa shape index (κ2) is 2.33. The number of benzene rings is 2. The summed E-state index contributed by atoms with van der Waals surface area (Å²) < 4.78 is 0. The van der Waals surface area contributed by atoms with Crippen LogP contribution < -0.4 is 0 Å². The molecule has 13 heavy (non-hydrogen) atoms. The highest BCUT2D eigenvalue weighted by Gasteiger charge is 1.90. The van der Waals surface area contributed by atoms with Crippen molar-refractivity contribution in [3.8, 4) is 0 Å². The molecule has 1 aromatic heterocycles. The third-order valence-electron chi connectivity index (χ3n) is 2.23. The van der Waals surface area contributed by atoms with Crippen LogP contribution in [0.5, 0.6) is 0 Å². The van der Waals surface area contributed by atoms with E-state index < -0.39 is 0 Å². The molecule has 2 aromatic carbocycles. The predicted octanol–water partition coefficient (Wildman–Crippen LogP) is 2.52. The number of aromatic nitrogens is 2. The molecule has 1 heterocycles. The van der Waals surface area contributed by atoms with E-state index in [9.17, 15) is 0 Å². The quantitative estimate of drug-likeness (QED) is 0.512. The minimum Gasteiger partial charge on any atom is -0.460 e. The van der Waals surface area contributed by atoms with Crippen molar-refractivity contribution in [1.82, 2.24) is 9.97 Å². The van der Waals surface area contributed by atoms with E-state index in [1.165, 1.54) is 10.8 Å². The number of aromatic amines is 1. The van der Waals surface area contributed by atoms with Gasteiger partial charge in [-0.25, -0.2) is 0 Å². The van der Waals surface area contributed by atoms with Gasteiger partial charge < -0.3 is 9.97 Å². The highest BCUT2D eigenvalue weighted by Crippen LogP contribution is 2.19. The lowest BCUT2D eigenvalue weighted by Gasteiger charge is -2.02. The maximum Gasteiger partial charge on any atom is -0.00129 e. The average Bonchev–Trinajstić information content (AvgIpc) is 2.61. The van der Waals surface area contributed by atoms with E-state index in [1.807, 2.05) is 12.1 Å². The summed E-state index contributed by atoms with van der Waals surface area (Å²) in [5, 5.41) is 2.45. The fraction of sp³-hybridized carbons (Fsp3) is 0. The SMILES string of the molecule is [c-]1nc2cc3ccccc3cc2[nH]1. The Bertz CT molecular complexity index is 517. The van der Waals surface area contributed by atoms with Crippen LogP contribution in [0.25, 0.3) is 21.8 Å². The second-order valence-electron chi connectivity index (χ2n) is 3.07. The fourth-order valence-corrected chi connectivity index (χ4v) is 1.57. The Morgan fingerprint density at radius 3 is 2.69 bits per heavy atom. The Hall–Kier alpha value is -1.83. The molecule has 0 spiro atoms. The molecular weight excluding hydrogens is 160 g/mol. The summed E-state index contributed by atoms with van der Waals surface area (Å²) in [7, 11) is 0. The van der Waals surface area contributed by atoms with E-state index in [0.29, 0.717) is 0 Å². The van der Waals surface area contributed by atoms with Gasteiger partial charge in [-0.1, -0.05) is 47.4 Å². The number of imidazole rings is 1. The highest BCUT2D eigenvalue weighted by atomic mass is 14.9. The van der Waals surface area contributed by atoms with Crippen LogP contribution >= 0.6 is 0 Å². The first-order chi connectivity index (χ1) is 6.43. The molecule has 0 radical (unpaired) electrons. The maximum absolute atomic E-state index is 4.09. The number of fused-ring (bicyclic) bond motifs is 2. The molecule has 0 unspecified atom stereocenters. The fourth-order valence-electron chi connectivity index (χ4n) is 1.57. The number of nitrogens with zero attached hydrogens (tertiary/aromatic N) is 1. The van der Waals surface area contributed by atoms with Gasteiger partial charge in [0.1, 0.15) is 0 Å². The van der Waals surface area contributed by atoms with Gasteiger partial charge >= 0.3 is 0 Å². The van der Waals surface area contributed by atoms with Gasteiger partial charge in [-0.3, -0.25) is 0 Å². The highest BCUT2D eigenvalue weighted by molar-refractivity contribution is 5.94. The van der Waals surface area contributed by atoms with Gasteiger partial charge in [0.2, 0.25) is 0 Å². The lowest BCUT2D eigenvalue weighted by atomic mass is 10.1. The van der Waals surface area contributed by atoms with Crippen molar-refractivity contribution in [1.29, 1.82) is 0 Å². The van der Waals surface area contributed by atoms with Crippen LogP contribution in [-0.2, 0) is 0 Å². The van der Waals surface area contributed by atoms with E-state index in [2.05, 4.69) is 40.6 Å². The first-order valence-electron chi connectivity index (χ1n) is 4.18. The van der Waals surface area contributed by atoms with E-state index in [1.54, 1.807) is 0 Å². The Morgan fingerprint density at radius 1 is 1.08 bits per heavy atom. The zero-order valence-electron chi connectivity index (χ0n) is 6.91. The van der Waals surface area contributed by atoms with Crippen molar-refractivity contribution >= 4 is 21.8 Å². The molecule has 0 fully saturated rings. The number of nitrogens with one attached hydrogen (secondary N) is 1. The van der Waals surface area contributed by atoms with Crippen molar-refractivity contribution in [2.45, 2.75) is 0 Å². The second-order valence-corrected chi connectivity index (χ2v) is 3.07. The standard InChI is InChI=1S/C11H7N2/c1-2-4-9-6-11-10(12-7-13-11)5-8(9)3-1/h1-6H,(H,12,13)/q-1. The van der Waals surface area contributed by atoms with Crippen LogP contribution in [0.4, 0.5) is 0 Å². The van der Waals surface area contributed by atoms with Gasteiger partial charge in [0, 0.05) is 0 Å². The largest absolute Gasteiger partial charge is 0.460 e. The lowest BCUT2D eigenvalue weighted by molar-refractivity contribution is 1.32. The molecule has 3 aromatic rings. The van der Waals surface area contributed by atoms with Crippen molar-refractivity contribution in [2.24, 2.45) is 0 Å². The summed E-state index contributed by atoms with van der Waals surface area (Å²) in [4.78, 5) is 7.06. The van der Waals surface area contributed by atoms with Crippen molar-refractivity contribution in [2.75, 3.05) is 0 Å². The van der Waals surface area contributed by atoms with Gasteiger partial charge in [0.05, 0.1) is 0 Å².